The quantitative estimate of drug-likeness (QED) is 0.573. The summed E-state index contributed by atoms with van der Waals surface area (Å²) in [6.45, 7) is 0.779. The Labute approximate surface area is 171 Å². The number of halogens is 1. The van der Waals surface area contributed by atoms with Crippen molar-refractivity contribution >= 4 is 41.0 Å². The van der Waals surface area contributed by atoms with Crippen LogP contribution in [0.2, 0.25) is 5.02 Å². The molecule has 29 heavy (non-hydrogen) atoms. The van der Waals surface area contributed by atoms with Gasteiger partial charge in [0.2, 0.25) is 0 Å². The first-order valence-corrected chi connectivity index (χ1v) is 8.98. The highest BCUT2D eigenvalue weighted by Crippen LogP contribution is 2.27. The van der Waals surface area contributed by atoms with Crippen LogP contribution in [0.25, 0.3) is 0 Å². The molecule has 1 atom stereocenters. The summed E-state index contributed by atoms with van der Waals surface area (Å²) in [5, 5.41) is 2.83. The normalized spacial score (nSPS) is 13.7. The fourth-order valence-corrected chi connectivity index (χ4v) is 3.12. The fourth-order valence-electron chi connectivity index (χ4n) is 2.86. The highest BCUT2D eigenvalue weighted by molar-refractivity contribution is 6.32. The largest absolute Gasteiger partial charge is 0.495 e. The predicted molar refractivity (Wildman–Crippen MR) is 104 cm³/mol. The predicted octanol–water partition coefficient (Wildman–Crippen LogP) is 2.52. The van der Waals surface area contributed by atoms with E-state index in [1.807, 2.05) is 0 Å². The maximum atomic E-state index is 12.4. The second kappa shape index (κ2) is 8.32. The summed E-state index contributed by atoms with van der Waals surface area (Å²) in [5.74, 6) is -2.18. The molecule has 0 bridgehead atoms. The number of nitrogens with zero attached hydrogens (tertiary/aromatic N) is 1. The molecule has 1 heterocycles. The number of carbonyl (C=O) groups is 4. The molecule has 8 nitrogen and oxygen atoms in total. The van der Waals surface area contributed by atoms with E-state index in [2.05, 4.69) is 5.32 Å². The van der Waals surface area contributed by atoms with E-state index in [0.29, 0.717) is 16.5 Å². The number of amides is 3. The standard InChI is InChI=1S/C20H17ClN2O6/c1-11(23-18(25)13-5-3-4-6-14(13)19(23)26)20(27)29-10-17(24)22-12-7-8-16(28-2)15(21)9-12/h3-9,11H,10H2,1-2H3,(H,22,24)/t11-/m1/s1. The van der Waals surface area contributed by atoms with Crippen molar-refractivity contribution in [2.24, 2.45) is 0 Å². The van der Waals surface area contributed by atoms with Crippen LogP contribution < -0.4 is 10.1 Å². The van der Waals surface area contributed by atoms with Gasteiger partial charge in [-0.2, -0.15) is 0 Å². The lowest BCUT2D eigenvalue weighted by molar-refractivity contribution is -0.150. The van der Waals surface area contributed by atoms with Crippen LogP contribution in [-0.4, -0.2) is 48.3 Å². The number of imide groups is 1. The van der Waals surface area contributed by atoms with E-state index in [4.69, 9.17) is 21.1 Å². The Bertz CT molecular complexity index is 971. The molecule has 0 spiro atoms. The maximum Gasteiger partial charge on any atom is 0.329 e. The van der Waals surface area contributed by atoms with Crippen LogP contribution in [0.4, 0.5) is 5.69 Å². The van der Waals surface area contributed by atoms with E-state index >= 15 is 0 Å². The van der Waals surface area contributed by atoms with Crippen LogP contribution in [0.5, 0.6) is 5.75 Å². The summed E-state index contributed by atoms with van der Waals surface area (Å²) in [4.78, 5) is 50.0. The van der Waals surface area contributed by atoms with Crippen LogP contribution >= 0.6 is 11.6 Å². The zero-order valence-corrected chi connectivity index (χ0v) is 16.4. The summed E-state index contributed by atoms with van der Waals surface area (Å²) in [7, 11) is 1.47. The van der Waals surface area contributed by atoms with Crippen LogP contribution in [-0.2, 0) is 14.3 Å². The van der Waals surface area contributed by atoms with Crippen molar-refractivity contribution < 1.29 is 28.7 Å². The molecular weight excluding hydrogens is 400 g/mol. The minimum atomic E-state index is -1.18. The van der Waals surface area contributed by atoms with Gasteiger partial charge in [-0.25, -0.2) is 4.79 Å². The number of esters is 1. The minimum Gasteiger partial charge on any atom is -0.495 e. The number of methoxy groups -OCH3 is 1. The molecular formula is C20H17ClN2O6. The van der Waals surface area contributed by atoms with Gasteiger partial charge in [-0.05, 0) is 37.3 Å². The van der Waals surface area contributed by atoms with E-state index in [0.717, 1.165) is 4.90 Å². The van der Waals surface area contributed by atoms with Gasteiger partial charge in [-0.1, -0.05) is 23.7 Å². The first-order chi connectivity index (χ1) is 13.8. The lowest BCUT2D eigenvalue weighted by Gasteiger charge is -2.20. The third kappa shape index (κ3) is 4.07. The molecule has 1 aliphatic heterocycles. The average Bonchev–Trinajstić information content (AvgIpc) is 2.96. The Morgan fingerprint density at radius 3 is 2.28 bits per heavy atom. The number of anilines is 1. The number of hydrogen-bond donors (Lipinski definition) is 1. The van der Waals surface area contributed by atoms with Crippen molar-refractivity contribution in [3.8, 4) is 5.75 Å². The molecule has 0 unspecified atom stereocenters. The van der Waals surface area contributed by atoms with Crippen molar-refractivity contribution in [3.05, 3.63) is 58.6 Å². The number of rotatable bonds is 6. The number of nitrogens with one attached hydrogen (secondary N) is 1. The SMILES string of the molecule is COc1ccc(NC(=O)COC(=O)[C@@H](C)N2C(=O)c3ccccc3C2=O)cc1Cl. The van der Waals surface area contributed by atoms with E-state index in [1.54, 1.807) is 24.3 Å². The van der Waals surface area contributed by atoms with Crippen LogP contribution in [0.1, 0.15) is 27.6 Å². The molecule has 0 saturated heterocycles. The molecule has 2 aromatic rings. The van der Waals surface area contributed by atoms with E-state index in [1.165, 1.54) is 32.2 Å². The van der Waals surface area contributed by atoms with Crippen LogP contribution in [0.15, 0.2) is 42.5 Å². The molecule has 2 aromatic carbocycles. The number of hydrogen-bond acceptors (Lipinski definition) is 6. The first-order valence-electron chi connectivity index (χ1n) is 8.60. The van der Waals surface area contributed by atoms with Crippen molar-refractivity contribution in [3.63, 3.8) is 0 Å². The third-order valence-electron chi connectivity index (χ3n) is 4.33. The van der Waals surface area contributed by atoms with Gasteiger partial charge in [0.25, 0.3) is 17.7 Å². The summed E-state index contributed by atoms with van der Waals surface area (Å²) in [5.41, 5.74) is 0.850. The summed E-state index contributed by atoms with van der Waals surface area (Å²) in [6.07, 6.45) is 0. The first kappa shape index (κ1) is 20.3. The van der Waals surface area contributed by atoms with Crippen molar-refractivity contribution in [1.29, 1.82) is 0 Å². The lowest BCUT2D eigenvalue weighted by Crippen LogP contribution is -2.44. The molecule has 1 aliphatic rings. The molecule has 3 rings (SSSR count). The Hall–Kier alpha value is -3.39. The van der Waals surface area contributed by atoms with Crippen LogP contribution in [0, 0.1) is 0 Å². The molecule has 0 aromatic heterocycles. The highest BCUT2D eigenvalue weighted by Gasteiger charge is 2.41. The Morgan fingerprint density at radius 1 is 1.10 bits per heavy atom. The monoisotopic (exact) mass is 416 g/mol. The van der Waals surface area contributed by atoms with E-state index < -0.39 is 36.3 Å². The summed E-state index contributed by atoms with van der Waals surface area (Å²) >= 11 is 5.99. The van der Waals surface area contributed by atoms with E-state index in [9.17, 15) is 19.2 Å². The number of benzene rings is 2. The Balaban J connectivity index is 1.58. The zero-order chi connectivity index (χ0) is 21.1. The zero-order valence-electron chi connectivity index (χ0n) is 15.6. The minimum absolute atomic E-state index is 0.228. The highest BCUT2D eigenvalue weighted by atomic mass is 35.5. The molecule has 9 heteroatoms. The smallest absolute Gasteiger partial charge is 0.329 e. The average molecular weight is 417 g/mol. The number of ether oxygens (including phenoxy) is 2. The molecule has 150 valence electrons. The van der Waals surface area contributed by atoms with Gasteiger partial charge in [0.1, 0.15) is 11.8 Å². The van der Waals surface area contributed by atoms with Gasteiger partial charge in [-0.15, -0.1) is 0 Å². The molecule has 0 saturated carbocycles. The fraction of sp³-hybridized carbons (Fsp3) is 0.200. The number of fused-ring (bicyclic) bond motifs is 1. The van der Waals surface area contributed by atoms with E-state index in [-0.39, 0.29) is 11.1 Å². The Morgan fingerprint density at radius 2 is 1.72 bits per heavy atom. The topological polar surface area (TPSA) is 102 Å². The molecule has 1 N–H and O–H groups in total. The maximum absolute atomic E-state index is 12.4. The van der Waals surface area contributed by atoms with Crippen molar-refractivity contribution in [2.75, 3.05) is 19.0 Å². The third-order valence-corrected chi connectivity index (χ3v) is 4.63. The second-order valence-electron chi connectivity index (χ2n) is 6.21. The molecule has 0 aliphatic carbocycles. The molecule has 0 fully saturated rings. The summed E-state index contributed by atoms with van der Waals surface area (Å²) < 4.78 is 9.99. The van der Waals surface area contributed by atoms with Gasteiger partial charge in [0.15, 0.2) is 6.61 Å². The number of carbonyl (C=O) groups excluding carboxylic acids is 4. The molecule has 0 radical (unpaired) electrons. The lowest BCUT2D eigenvalue weighted by atomic mass is 10.1. The van der Waals surface area contributed by atoms with Crippen molar-refractivity contribution in [1.82, 2.24) is 4.90 Å². The van der Waals surface area contributed by atoms with Gasteiger partial charge >= 0.3 is 5.97 Å². The van der Waals surface area contributed by atoms with Gasteiger partial charge in [0.05, 0.1) is 23.3 Å². The van der Waals surface area contributed by atoms with Gasteiger partial charge in [-0.3, -0.25) is 19.3 Å². The van der Waals surface area contributed by atoms with Crippen molar-refractivity contribution in [2.45, 2.75) is 13.0 Å². The van der Waals surface area contributed by atoms with Crippen LogP contribution in [0.3, 0.4) is 0 Å². The Kier molecular flexibility index (Phi) is 5.84. The second-order valence-corrected chi connectivity index (χ2v) is 6.61. The molecule has 3 amide bonds. The van der Waals surface area contributed by atoms with Gasteiger partial charge in [0, 0.05) is 5.69 Å². The summed E-state index contributed by atoms with van der Waals surface area (Å²) in [6, 6.07) is 9.76. The van der Waals surface area contributed by atoms with Gasteiger partial charge < -0.3 is 14.8 Å².